The van der Waals surface area contributed by atoms with E-state index in [0.717, 1.165) is 50.1 Å². The van der Waals surface area contributed by atoms with Gasteiger partial charge in [-0.25, -0.2) is 0 Å². The van der Waals surface area contributed by atoms with E-state index < -0.39 is 0 Å². The summed E-state index contributed by atoms with van der Waals surface area (Å²) in [6.07, 6.45) is 4.55. The summed E-state index contributed by atoms with van der Waals surface area (Å²) in [6.45, 7) is 1.62. The summed E-state index contributed by atoms with van der Waals surface area (Å²) in [4.78, 5) is 26.0. The van der Waals surface area contributed by atoms with Crippen molar-refractivity contribution in [3.8, 4) is 0 Å². The molecule has 21 heavy (non-hydrogen) atoms. The quantitative estimate of drug-likeness (QED) is 0.892. The van der Waals surface area contributed by atoms with Gasteiger partial charge in [0.05, 0.1) is 17.4 Å². The van der Waals surface area contributed by atoms with Crippen LogP contribution in [-0.4, -0.2) is 30.9 Å². The topological polar surface area (TPSA) is 61.4 Å². The van der Waals surface area contributed by atoms with Crippen molar-refractivity contribution in [3.05, 3.63) is 24.3 Å². The summed E-state index contributed by atoms with van der Waals surface area (Å²) in [5.74, 6) is 0.126. The normalized spacial score (nSPS) is 22.4. The third-order valence-electron chi connectivity index (χ3n) is 4.15. The molecule has 1 aromatic rings. The third kappa shape index (κ3) is 3.08. The molecule has 0 saturated carbocycles. The lowest BCUT2D eigenvalue weighted by molar-refractivity contribution is -0.119. The minimum atomic E-state index is -0.124. The fourth-order valence-corrected chi connectivity index (χ4v) is 3.01. The monoisotopic (exact) mass is 287 g/mol. The van der Waals surface area contributed by atoms with Crippen LogP contribution in [0.3, 0.4) is 0 Å². The van der Waals surface area contributed by atoms with Gasteiger partial charge < -0.3 is 15.5 Å². The van der Waals surface area contributed by atoms with Crippen LogP contribution in [0.1, 0.15) is 32.1 Å². The van der Waals surface area contributed by atoms with Crippen molar-refractivity contribution in [3.63, 3.8) is 0 Å². The summed E-state index contributed by atoms with van der Waals surface area (Å²) in [5.41, 5.74) is 1.54. The Morgan fingerprint density at radius 2 is 2.10 bits per heavy atom. The first-order chi connectivity index (χ1) is 10.3. The Morgan fingerprint density at radius 1 is 1.24 bits per heavy atom. The maximum Gasteiger partial charge on any atom is 0.241 e. The summed E-state index contributed by atoms with van der Waals surface area (Å²) < 4.78 is 0. The van der Waals surface area contributed by atoms with Crippen molar-refractivity contribution in [2.75, 3.05) is 23.3 Å². The Hall–Kier alpha value is -1.88. The maximum absolute atomic E-state index is 12.3. The predicted octanol–water partition coefficient (Wildman–Crippen LogP) is 1.89. The zero-order chi connectivity index (χ0) is 14.7. The van der Waals surface area contributed by atoms with E-state index in [1.807, 2.05) is 24.3 Å². The summed E-state index contributed by atoms with van der Waals surface area (Å²) in [7, 11) is 0. The Balaban J connectivity index is 1.75. The fraction of sp³-hybridized carbons (Fsp3) is 0.500. The number of anilines is 2. The van der Waals surface area contributed by atoms with E-state index in [-0.39, 0.29) is 17.9 Å². The Labute approximate surface area is 124 Å². The van der Waals surface area contributed by atoms with Crippen LogP contribution in [0, 0.1) is 0 Å². The smallest absolute Gasteiger partial charge is 0.241 e. The number of amides is 2. The first kappa shape index (κ1) is 14.1. The molecule has 0 bridgehead atoms. The van der Waals surface area contributed by atoms with E-state index in [9.17, 15) is 9.59 Å². The molecule has 2 N–H and O–H groups in total. The second-order valence-electron chi connectivity index (χ2n) is 5.66. The minimum absolute atomic E-state index is 0.00574. The van der Waals surface area contributed by atoms with Crippen LogP contribution in [0.4, 0.5) is 11.4 Å². The lowest BCUT2D eigenvalue weighted by Crippen LogP contribution is -2.43. The molecule has 2 aliphatic rings. The van der Waals surface area contributed by atoms with E-state index in [0.29, 0.717) is 6.42 Å². The highest BCUT2D eigenvalue weighted by Gasteiger charge is 2.26. The number of carbonyl (C=O) groups excluding carboxylic acids is 2. The van der Waals surface area contributed by atoms with Gasteiger partial charge in [0.25, 0.3) is 0 Å². The van der Waals surface area contributed by atoms with Gasteiger partial charge in [-0.15, -0.1) is 0 Å². The highest BCUT2D eigenvalue weighted by molar-refractivity contribution is 6.03. The average molecular weight is 287 g/mol. The largest absolute Gasteiger partial charge is 0.323 e. The second kappa shape index (κ2) is 6.26. The number of hydrogen-bond acceptors (Lipinski definition) is 3. The van der Waals surface area contributed by atoms with E-state index >= 15 is 0 Å². The number of rotatable bonds is 3. The maximum atomic E-state index is 12.3. The van der Waals surface area contributed by atoms with E-state index in [4.69, 9.17) is 0 Å². The zero-order valence-electron chi connectivity index (χ0n) is 12.1. The Bertz CT molecular complexity index is 538. The molecular formula is C16H21N3O2. The molecular weight excluding hydrogens is 266 g/mol. The molecule has 1 aromatic carbocycles. The molecule has 2 saturated heterocycles. The average Bonchev–Trinajstić information content (AvgIpc) is 2.95. The van der Waals surface area contributed by atoms with E-state index in [1.165, 1.54) is 0 Å². The standard InChI is InChI=1S/C16H21N3O2/c20-15-9-5-11-19(15)14-8-2-1-6-12(14)18-16(21)13-7-3-4-10-17-13/h1-2,6,8,13,17H,3-5,7,9-11H2,(H,18,21)/t13-/m0/s1. The van der Waals surface area contributed by atoms with Gasteiger partial charge in [-0.05, 0) is 37.9 Å². The van der Waals surface area contributed by atoms with Crippen LogP contribution in [0.2, 0.25) is 0 Å². The van der Waals surface area contributed by atoms with Crippen LogP contribution in [0.5, 0.6) is 0 Å². The van der Waals surface area contributed by atoms with Crippen molar-refractivity contribution >= 4 is 23.2 Å². The van der Waals surface area contributed by atoms with Gasteiger partial charge in [0.15, 0.2) is 0 Å². The van der Waals surface area contributed by atoms with Gasteiger partial charge in [-0.3, -0.25) is 9.59 Å². The lowest BCUT2D eigenvalue weighted by atomic mass is 10.0. The molecule has 0 radical (unpaired) electrons. The highest BCUT2D eigenvalue weighted by atomic mass is 16.2. The molecule has 2 fully saturated rings. The molecule has 0 spiro atoms. The summed E-state index contributed by atoms with van der Waals surface area (Å²) in [5, 5.41) is 6.23. The van der Waals surface area contributed by atoms with Crippen LogP contribution < -0.4 is 15.5 Å². The van der Waals surface area contributed by atoms with Gasteiger partial charge in [-0.1, -0.05) is 18.6 Å². The van der Waals surface area contributed by atoms with Gasteiger partial charge in [0.1, 0.15) is 0 Å². The first-order valence-electron chi connectivity index (χ1n) is 7.69. The van der Waals surface area contributed by atoms with Gasteiger partial charge in [0.2, 0.25) is 11.8 Å². The van der Waals surface area contributed by atoms with Crippen molar-refractivity contribution in [1.82, 2.24) is 5.32 Å². The molecule has 2 amide bonds. The summed E-state index contributed by atoms with van der Waals surface area (Å²) >= 11 is 0. The van der Waals surface area contributed by atoms with E-state index in [1.54, 1.807) is 4.90 Å². The predicted molar refractivity (Wildman–Crippen MR) is 82.3 cm³/mol. The van der Waals surface area contributed by atoms with Crippen LogP contribution in [0.15, 0.2) is 24.3 Å². The molecule has 2 heterocycles. The first-order valence-corrected chi connectivity index (χ1v) is 7.69. The SMILES string of the molecule is O=C(Nc1ccccc1N1CCCC1=O)[C@@H]1CCCCN1. The van der Waals surface area contributed by atoms with E-state index in [2.05, 4.69) is 10.6 Å². The molecule has 0 unspecified atom stereocenters. The zero-order valence-corrected chi connectivity index (χ0v) is 12.1. The molecule has 5 nitrogen and oxygen atoms in total. The molecule has 0 aliphatic carbocycles. The van der Waals surface area contributed by atoms with Crippen molar-refractivity contribution in [1.29, 1.82) is 0 Å². The molecule has 3 rings (SSSR count). The van der Waals surface area contributed by atoms with Crippen molar-refractivity contribution in [2.45, 2.75) is 38.1 Å². The number of para-hydroxylation sites is 2. The number of nitrogens with zero attached hydrogens (tertiary/aromatic N) is 1. The van der Waals surface area contributed by atoms with Gasteiger partial charge >= 0.3 is 0 Å². The fourth-order valence-electron chi connectivity index (χ4n) is 3.01. The van der Waals surface area contributed by atoms with Crippen LogP contribution in [-0.2, 0) is 9.59 Å². The molecule has 1 atom stereocenters. The summed E-state index contributed by atoms with van der Waals surface area (Å²) in [6, 6.07) is 7.42. The Morgan fingerprint density at radius 3 is 2.81 bits per heavy atom. The second-order valence-corrected chi connectivity index (χ2v) is 5.66. The number of nitrogens with one attached hydrogen (secondary N) is 2. The number of carbonyl (C=O) groups is 2. The lowest BCUT2D eigenvalue weighted by Gasteiger charge is -2.24. The molecule has 0 aromatic heterocycles. The Kier molecular flexibility index (Phi) is 4.20. The van der Waals surface area contributed by atoms with Gasteiger partial charge in [-0.2, -0.15) is 0 Å². The molecule has 112 valence electrons. The molecule has 5 heteroatoms. The minimum Gasteiger partial charge on any atom is -0.323 e. The number of hydrogen-bond donors (Lipinski definition) is 2. The van der Waals surface area contributed by atoms with Crippen molar-refractivity contribution in [2.24, 2.45) is 0 Å². The van der Waals surface area contributed by atoms with Crippen LogP contribution in [0.25, 0.3) is 0 Å². The van der Waals surface area contributed by atoms with Crippen molar-refractivity contribution < 1.29 is 9.59 Å². The van der Waals surface area contributed by atoms with Crippen LogP contribution >= 0.6 is 0 Å². The number of piperidine rings is 1. The third-order valence-corrected chi connectivity index (χ3v) is 4.15. The van der Waals surface area contributed by atoms with Gasteiger partial charge in [0, 0.05) is 13.0 Å². The molecule has 2 aliphatic heterocycles. The number of benzene rings is 1. The highest BCUT2D eigenvalue weighted by Crippen LogP contribution is 2.29.